The van der Waals surface area contributed by atoms with E-state index >= 15 is 0 Å². The van der Waals surface area contributed by atoms with E-state index in [9.17, 15) is 14.0 Å². The molecule has 0 N–H and O–H groups in total. The maximum atomic E-state index is 14.0. The average molecular weight is 389 g/mol. The van der Waals surface area contributed by atoms with Gasteiger partial charge < -0.3 is 9.80 Å². The van der Waals surface area contributed by atoms with Gasteiger partial charge in [-0.2, -0.15) is 5.10 Å². The van der Waals surface area contributed by atoms with Gasteiger partial charge in [0.1, 0.15) is 6.17 Å². The fraction of sp³-hybridized carbons (Fsp3) is 0.611. The van der Waals surface area contributed by atoms with Crippen LogP contribution in [0, 0.1) is 0 Å². The predicted molar refractivity (Wildman–Crippen MR) is 97.0 cm³/mol. The fourth-order valence-electron chi connectivity index (χ4n) is 3.91. The highest BCUT2D eigenvalue weighted by atomic mass is 19.1. The Hall–Kier alpha value is -2.78. The summed E-state index contributed by atoms with van der Waals surface area (Å²) >= 11 is 0. The zero-order valence-corrected chi connectivity index (χ0v) is 15.7. The van der Waals surface area contributed by atoms with Gasteiger partial charge in [0.2, 0.25) is 5.91 Å². The summed E-state index contributed by atoms with van der Waals surface area (Å²) in [6, 6.07) is 1.50. The van der Waals surface area contributed by atoms with Crippen LogP contribution in [0.25, 0.3) is 0 Å². The summed E-state index contributed by atoms with van der Waals surface area (Å²) in [6.45, 7) is 2.38. The van der Waals surface area contributed by atoms with Gasteiger partial charge in [0.05, 0.1) is 25.3 Å². The van der Waals surface area contributed by atoms with Gasteiger partial charge in [0, 0.05) is 44.9 Å². The molecule has 0 radical (unpaired) electrons. The number of halogens is 1. The Labute approximate surface area is 162 Å². The van der Waals surface area contributed by atoms with Crippen molar-refractivity contribution in [2.24, 2.45) is 0 Å². The Kier molecular flexibility index (Phi) is 5.36. The third-order valence-corrected chi connectivity index (χ3v) is 5.35. The molecule has 0 saturated carbocycles. The number of nitrogens with zero attached hydrogens (tertiary/aromatic N) is 7. The zero-order chi connectivity index (χ0) is 19.5. The number of likely N-dealkylation sites (tertiary alicyclic amines) is 2. The molecule has 9 nitrogen and oxygen atoms in total. The standard InChI is InChI=1S/C18H24FN7O2/c19-14-10-15(26(11-14)17(27)4-9-24-8-3-5-20-24)12-25-13-16(21-22-25)18(28)23-6-1-2-7-23/h3,5,8,13-15H,1-2,4,6-7,9-12H2/t14-,15-/m0/s1. The number of hydrogen-bond donors (Lipinski definition) is 0. The first-order valence-electron chi connectivity index (χ1n) is 9.70. The molecule has 28 heavy (non-hydrogen) atoms. The fourth-order valence-corrected chi connectivity index (χ4v) is 3.91. The van der Waals surface area contributed by atoms with E-state index in [1.807, 2.05) is 0 Å². The van der Waals surface area contributed by atoms with Crippen molar-refractivity contribution in [3.05, 3.63) is 30.4 Å². The van der Waals surface area contributed by atoms with Crippen molar-refractivity contribution in [1.82, 2.24) is 34.6 Å². The van der Waals surface area contributed by atoms with Gasteiger partial charge in [-0.05, 0) is 18.9 Å². The topological polar surface area (TPSA) is 89.2 Å². The molecule has 0 spiro atoms. The average Bonchev–Trinajstić information content (AvgIpc) is 3.46. The molecule has 2 aliphatic heterocycles. The zero-order valence-electron chi connectivity index (χ0n) is 15.7. The van der Waals surface area contributed by atoms with E-state index in [2.05, 4.69) is 15.4 Å². The molecule has 4 rings (SSSR count). The molecular weight excluding hydrogens is 365 g/mol. The van der Waals surface area contributed by atoms with Crippen LogP contribution in [0.5, 0.6) is 0 Å². The van der Waals surface area contributed by atoms with Crippen LogP contribution < -0.4 is 0 Å². The van der Waals surface area contributed by atoms with Crippen LogP contribution in [-0.2, 0) is 17.9 Å². The van der Waals surface area contributed by atoms with Gasteiger partial charge in [0.15, 0.2) is 5.69 Å². The highest BCUT2D eigenvalue weighted by Gasteiger charge is 2.35. The predicted octanol–water partition coefficient (Wildman–Crippen LogP) is 0.740. The number of alkyl halides is 1. The Morgan fingerprint density at radius 2 is 2.04 bits per heavy atom. The van der Waals surface area contributed by atoms with E-state index in [4.69, 9.17) is 0 Å². The van der Waals surface area contributed by atoms with Crippen molar-refractivity contribution in [2.75, 3.05) is 19.6 Å². The molecule has 0 aromatic carbocycles. The number of carbonyl (C=O) groups is 2. The monoisotopic (exact) mass is 389 g/mol. The maximum Gasteiger partial charge on any atom is 0.276 e. The number of amides is 2. The lowest BCUT2D eigenvalue weighted by Crippen LogP contribution is -2.38. The van der Waals surface area contributed by atoms with Gasteiger partial charge >= 0.3 is 0 Å². The third kappa shape index (κ3) is 4.05. The van der Waals surface area contributed by atoms with Crippen LogP contribution in [-0.4, -0.2) is 78.2 Å². The van der Waals surface area contributed by atoms with Crippen molar-refractivity contribution in [3.63, 3.8) is 0 Å². The van der Waals surface area contributed by atoms with E-state index in [1.54, 1.807) is 43.8 Å². The van der Waals surface area contributed by atoms with Gasteiger partial charge in [-0.25, -0.2) is 9.07 Å². The van der Waals surface area contributed by atoms with Crippen molar-refractivity contribution in [1.29, 1.82) is 0 Å². The minimum atomic E-state index is -1.05. The first-order valence-corrected chi connectivity index (χ1v) is 9.70. The second-order valence-electron chi connectivity index (χ2n) is 7.38. The number of carbonyl (C=O) groups excluding carboxylic acids is 2. The summed E-state index contributed by atoms with van der Waals surface area (Å²) < 4.78 is 17.2. The highest BCUT2D eigenvalue weighted by molar-refractivity contribution is 5.92. The smallest absolute Gasteiger partial charge is 0.276 e. The molecule has 2 fully saturated rings. The van der Waals surface area contributed by atoms with Crippen LogP contribution in [0.3, 0.4) is 0 Å². The molecule has 0 aliphatic carbocycles. The van der Waals surface area contributed by atoms with Crippen LogP contribution in [0.1, 0.15) is 36.2 Å². The molecule has 150 valence electrons. The quantitative estimate of drug-likeness (QED) is 0.727. The summed E-state index contributed by atoms with van der Waals surface area (Å²) in [7, 11) is 0. The minimum Gasteiger partial charge on any atom is -0.337 e. The second-order valence-corrected chi connectivity index (χ2v) is 7.38. The second kappa shape index (κ2) is 8.07. The highest BCUT2D eigenvalue weighted by Crippen LogP contribution is 2.23. The largest absolute Gasteiger partial charge is 0.337 e. The Balaban J connectivity index is 1.37. The minimum absolute atomic E-state index is 0.0941. The molecule has 0 bridgehead atoms. The summed E-state index contributed by atoms with van der Waals surface area (Å²) in [4.78, 5) is 28.3. The molecule has 2 aromatic rings. The number of hydrogen-bond acceptors (Lipinski definition) is 5. The van der Waals surface area contributed by atoms with E-state index in [-0.39, 0.29) is 37.2 Å². The maximum absolute atomic E-state index is 14.0. The van der Waals surface area contributed by atoms with Crippen LogP contribution in [0.2, 0.25) is 0 Å². The SMILES string of the molecule is O=C(c1cn(C[C@@H]2C[C@H](F)CN2C(=O)CCn2cccn2)nn1)N1CCCC1. The van der Waals surface area contributed by atoms with E-state index in [0.29, 0.717) is 18.8 Å². The molecule has 2 amide bonds. The molecule has 2 saturated heterocycles. The number of aromatic nitrogens is 5. The lowest BCUT2D eigenvalue weighted by atomic mass is 10.2. The lowest BCUT2D eigenvalue weighted by molar-refractivity contribution is -0.132. The normalized spacial score (nSPS) is 22.2. The molecule has 10 heteroatoms. The van der Waals surface area contributed by atoms with E-state index in [0.717, 1.165) is 25.9 Å². The Bertz CT molecular complexity index is 816. The van der Waals surface area contributed by atoms with Gasteiger partial charge in [-0.3, -0.25) is 14.3 Å². The first-order chi connectivity index (χ1) is 13.6. The number of aryl methyl sites for hydroxylation is 1. The van der Waals surface area contributed by atoms with Crippen LogP contribution in [0.4, 0.5) is 4.39 Å². The van der Waals surface area contributed by atoms with Crippen LogP contribution >= 0.6 is 0 Å². The summed E-state index contributed by atoms with van der Waals surface area (Å²) in [6.07, 6.45) is 6.55. The molecular formula is C18H24FN7O2. The van der Waals surface area contributed by atoms with Crippen molar-refractivity contribution in [3.8, 4) is 0 Å². The van der Waals surface area contributed by atoms with Crippen LogP contribution in [0.15, 0.2) is 24.7 Å². The van der Waals surface area contributed by atoms with E-state index in [1.165, 1.54) is 0 Å². The van der Waals surface area contributed by atoms with Crippen molar-refractivity contribution < 1.29 is 14.0 Å². The lowest BCUT2D eigenvalue weighted by Gasteiger charge is -2.24. The molecule has 4 heterocycles. The molecule has 0 unspecified atom stereocenters. The van der Waals surface area contributed by atoms with Gasteiger partial charge in [0.25, 0.3) is 5.91 Å². The summed E-state index contributed by atoms with van der Waals surface area (Å²) in [5.74, 6) is -0.222. The summed E-state index contributed by atoms with van der Waals surface area (Å²) in [5.41, 5.74) is 0.299. The Morgan fingerprint density at radius 1 is 1.21 bits per heavy atom. The Morgan fingerprint density at radius 3 is 2.79 bits per heavy atom. The third-order valence-electron chi connectivity index (χ3n) is 5.35. The molecule has 2 aliphatic rings. The van der Waals surface area contributed by atoms with Gasteiger partial charge in [-0.1, -0.05) is 5.21 Å². The van der Waals surface area contributed by atoms with E-state index < -0.39 is 6.17 Å². The van der Waals surface area contributed by atoms with Crippen molar-refractivity contribution >= 4 is 11.8 Å². The number of rotatable bonds is 6. The molecule has 2 atom stereocenters. The summed E-state index contributed by atoms with van der Waals surface area (Å²) in [5, 5.41) is 12.1. The van der Waals surface area contributed by atoms with Crippen molar-refractivity contribution in [2.45, 2.75) is 51.0 Å². The first kappa shape index (κ1) is 18.6. The molecule has 2 aromatic heterocycles. The van der Waals surface area contributed by atoms with Gasteiger partial charge in [-0.15, -0.1) is 5.10 Å².